The summed E-state index contributed by atoms with van der Waals surface area (Å²) in [5.41, 5.74) is 9.09. The van der Waals surface area contributed by atoms with Crippen molar-refractivity contribution in [2.75, 3.05) is 0 Å². The maximum absolute atomic E-state index is 5.31. The molecule has 0 aliphatic rings. The van der Waals surface area contributed by atoms with Gasteiger partial charge in [-0.2, -0.15) is 0 Å². The van der Waals surface area contributed by atoms with E-state index in [0.717, 1.165) is 22.5 Å². The highest BCUT2D eigenvalue weighted by molar-refractivity contribution is 6.24. The van der Waals surface area contributed by atoms with Gasteiger partial charge in [0.2, 0.25) is 0 Å². The number of hydrogen-bond acceptors (Lipinski definition) is 1. The molecule has 0 unspecified atom stereocenters. The largest absolute Gasteiger partial charge is 0.309 e. The lowest BCUT2D eigenvalue weighted by atomic mass is 9.96. The van der Waals surface area contributed by atoms with Gasteiger partial charge in [0.15, 0.2) is 0 Å². The van der Waals surface area contributed by atoms with Gasteiger partial charge in [0.25, 0.3) is 0 Å². The van der Waals surface area contributed by atoms with Crippen molar-refractivity contribution in [1.29, 1.82) is 0 Å². The van der Waals surface area contributed by atoms with E-state index in [9.17, 15) is 0 Å². The van der Waals surface area contributed by atoms with Crippen LogP contribution in [0.25, 0.3) is 82.3 Å². The lowest BCUT2D eigenvalue weighted by Crippen LogP contribution is -1.95. The predicted molar refractivity (Wildman–Crippen MR) is 182 cm³/mol. The van der Waals surface area contributed by atoms with Crippen LogP contribution < -0.4 is 0 Å². The Bertz CT molecular complexity index is 2470. The topological polar surface area (TPSA) is 17.8 Å². The highest BCUT2D eigenvalue weighted by atomic mass is 15.0. The Labute approximate surface area is 249 Å². The minimum absolute atomic E-state index is 0.974. The zero-order chi connectivity index (χ0) is 28.3. The molecule has 2 heterocycles. The van der Waals surface area contributed by atoms with E-state index in [4.69, 9.17) is 4.98 Å². The number of hydrogen-bond donors (Lipinski definition) is 0. The third-order valence-electron chi connectivity index (χ3n) is 8.76. The van der Waals surface area contributed by atoms with E-state index < -0.39 is 0 Å². The molecule has 0 spiro atoms. The van der Waals surface area contributed by atoms with Gasteiger partial charge in [-0.15, -0.1) is 0 Å². The zero-order valence-corrected chi connectivity index (χ0v) is 23.4. The first-order valence-corrected chi connectivity index (χ1v) is 14.7. The highest BCUT2D eigenvalue weighted by Gasteiger charge is 2.15. The molecule has 0 radical (unpaired) electrons. The smallest absolute Gasteiger partial charge is 0.0794 e. The van der Waals surface area contributed by atoms with Crippen LogP contribution >= 0.6 is 0 Å². The molecule has 2 heteroatoms. The second-order valence-electron chi connectivity index (χ2n) is 11.2. The van der Waals surface area contributed by atoms with E-state index in [0.29, 0.717) is 0 Å². The number of benzene rings is 7. The van der Waals surface area contributed by atoms with E-state index in [1.807, 2.05) is 0 Å². The number of pyridine rings is 1. The average molecular weight is 547 g/mol. The quantitative estimate of drug-likeness (QED) is 0.202. The van der Waals surface area contributed by atoms with Crippen LogP contribution in [0.15, 0.2) is 158 Å². The van der Waals surface area contributed by atoms with Crippen molar-refractivity contribution >= 4 is 54.3 Å². The molecule has 0 saturated heterocycles. The Morgan fingerprint density at radius 3 is 1.74 bits per heavy atom. The van der Waals surface area contributed by atoms with Crippen molar-refractivity contribution in [2.45, 2.75) is 0 Å². The number of nitrogens with zero attached hydrogens (tertiary/aromatic N) is 2. The molecule has 9 aromatic rings. The van der Waals surface area contributed by atoms with Gasteiger partial charge < -0.3 is 4.57 Å². The summed E-state index contributed by atoms with van der Waals surface area (Å²) in [7, 11) is 0. The van der Waals surface area contributed by atoms with Crippen LogP contribution in [0.2, 0.25) is 0 Å². The van der Waals surface area contributed by atoms with Crippen molar-refractivity contribution in [1.82, 2.24) is 9.55 Å². The summed E-state index contributed by atoms with van der Waals surface area (Å²) < 4.78 is 2.38. The molecule has 2 nitrogen and oxygen atoms in total. The molecule has 0 bridgehead atoms. The maximum Gasteiger partial charge on any atom is 0.0794 e. The molecule has 0 fully saturated rings. The SMILES string of the molecule is c1ccc(-c2ccc3c(c2)c2ccccc2n3-c2cccc(-c3ccc4c5ccccc5c5ccccc5c4n3)c2)cc1. The fraction of sp³-hybridized carbons (Fsp3) is 0. The molecular weight excluding hydrogens is 520 g/mol. The molecule has 0 aliphatic carbocycles. The molecule has 9 rings (SSSR count). The Morgan fingerprint density at radius 2 is 0.953 bits per heavy atom. The lowest BCUT2D eigenvalue weighted by molar-refractivity contribution is 1.18. The van der Waals surface area contributed by atoms with Crippen LogP contribution in [0, 0.1) is 0 Å². The molecule has 43 heavy (non-hydrogen) atoms. The van der Waals surface area contributed by atoms with Gasteiger partial charge in [-0.25, -0.2) is 4.98 Å². The van der Waals surface area contributed by atoms with Crippen molar-refractivity contribution < 1.29 is 0 Å². The monoisotopic (exact) mass is 546 g/mol. The van der Waals surface area contributed by atoms with Crippen molar-refractivity contribution in [3.05, 3.63) is 158 Å². The van der Waals surface area contributed by atoms with Crippen LogP contribution in [0.3, 0.4) is 0 Å². The minimum atomic E-state index is 0.974. The normalized spacial score (nSPS) is 11.7. The summed E-state index contributed by atoms with van der Waals surface area (Å²) in [6, 6.07) is 56.6. The summed E-state index contributed by atoms with van der Waals surface area (Å²) in [5.74, 6) is 0. The zero-order valence-electron chi connectivity index (χ0n) is 23.4. The Hall–Kier alpha value is -5.73. The van der Waals surface area contributed by atoms with Gasteiger partial charge in [-0.05, 0) is 69.8 Å². The third-order valence-corrected chi connectivity index (χ3v) is 8.76. The fourth-order valence-electron chi connectivity index (χ4n) is 6.79. The molecule has 0 amide bonds. The summed E-state index contributed by atoms with van der Waals surface area (Å²) in [6.07, 6.45) is 0. The molecule has 2 aromatic heterocycles. The molecule has 0 N–H and O–H groups in total. The minimum Gasteiger partial charge on any atom is -0.309 e. The standard InChI is InChI=1S/C41H26N2/c1-2-11-27(12-3-1)28-21-24-40-37(26-28)34-18-8-9-20-39(34)43(40)30-14-10-13-29(25-30)38-23-22-36-33-17-5-4-15-31(33)32-16-6-7-19-35(32)41(36)42-38/h1-26H. The fourth-order valence-corrected chi connectivity index (χ4v) is 6.79. The first kappa shape index (κ1) is 23.9. The second kappa shape index (κ2) is 9.40. The summed E-state index contributed by atoms with van der Waals surface area (Å²) >= 11 is 0. The first-order chi connectivity index (χ1) is 21.3. The van der Waals surface area contributed by atoms with Gasteiger partial charge in [-0.3, -0.25) is 0 Å². The molecule has 7 aromatic carbocycles. The van der Waals surface area contributed by atoms with Crippen LogP contribution in [-0.4, -0.2) is 9.55 Å². The second-order valence-corrected chi connectivity index (χ2v) is 11.2. The van der Waals surface area contributed by atoms with Gasteiger partial charge >= 0.3 is 0 Å². The highest BCUT2D eigenvalue weighted by Crippen LogP contribution is 2.37. The Morgan fingerprint density at radius 1 is 0.349 bits per heavy atom. The maximum atomic E-state index is 5.31. The number of para-hydroxylation sites is 1. The predicted octanol–water partition coefficient (Wildman–Crippen LogP) is 11.0. The average Bonchev–Trinajstić information content (AvgIpc) is 3.42. The summed E-state index contributed by atoms with van der Waals surface area (Å²) in [4.78, 5) is 5.31. The van der Waals surface area contributed by atoms with Crippen LogP contribution in [0.5, 0.6) is 0 Å². The van der Waals surface area contributed by atoms with Crippen LogP contribution in [0.4, 0.5) is 0 Å². The van der Waals surface area contributed by atoms with E-state index in [-0.39, 0.29) is 0 Å². The van der Waals surface area contributed by atoms with Crippen LogP contribution in [0.1, 0.15) is 0 Å². The van der Waals surface area contributed by atoms with Crippen molar-refractivity contribution in [2.24, 2.45) is 0 Å². The summed E-state index contributed by atoms with van der Waals surface area (Å²) in [6.45, 7) is 0. The third kappa shape index (κ3) is 3.70. The molecule has 0 aliphatic heterocycles. The van der Waals surface area contributed by atoms with Gasteiger partial charge in [-0.1, -0.05) is 115 Å². The molecule has 0 atom stereocenters. The van der Waals surface area contributed by atoms with Crippen molar-refractivity contribution in [3.63, 3.8) is 0 Å². The van der Waals surface area contributed by atoms with Gasteiger partial charge in [0, 0.05) is 32.8 Å². The van der Waals surface area contributed by atoms with Gasteiger partial charge in [0.1, 0.15) is 0 Å². The molecular formula is C41H26N2. The lowest BCUT2D eigenvalue weighted by Gasteiger charge is -2.13. The van der Waals surface area contributed by atoms with Gasteiger partial charge in [0.05, 0.1) is 22.2 Å². The Kier molecular flexibility index (Phi) is 5.23. The van der Waals surface area contributed by atoms with E-state index in [2.05, 4.69) is 162 Å². The molecule has 0 saturated carbocycles. The van der Waals surface area contributed by atoms with Crippen molar-refractivity contribution in [3.8, 4) is 28.1 Å². The first-order valence-electron chi connectivity index (χ1n) is 14.7. The number of aromatic nitrogens is 2. The Balaban J connectivity index is 1.24. The van der Waals surface area contributed by atoms with Crippen LogP contribution in [-0.2, 0) is 0 Å². The van der Waals surface area contributed by atoms with E-state index in [1.165, 1.54) is 59.9 Å². The summed E-state index contributed by atoms with van der Waals surface area (Å²) in [5, 5.41) is 8.63. The number of fused-ring (bicyclic) bond motifs is 9. The molecule has 200 valence electrons. The van der Waals surface area contributed by atoms with E-state index in [1.54, 1.807) is 0 Å². The number of rotatable bonds is 3. The van der Waals surface area contributed by atoms with E-state index >= 15 is 0 Å².